The van der Waals surface area contributed by atoms with Crippen LogP contribution in [0.15, 0.2) is 72.8 Å². The van der Waals surface area contributed by atoms with Crippen molar-refractivity contribution in [1.29, 1.82) is 0 Å². The number of benzene rings is 3. The van der Waals surface area contributed by atoms with Gasteiger partial charge in [0.1, 0.15) is 17.3 Å². The van der Waals surface area contributed by atoms with Crippen molar-refractivity contribution in [2.75, 3.05) is 13.1 Å². The van der Waals surface area contributed by atoms with Crippen molar-refractivity contribution in [2.45, 2.75) is 31.6 Å². The molecule has 5 nitrogen and oxygen atoms in total. The van der Waals surface area contributed by atoms with E-state index in [-0.39, 0.29) is 5.82 Å². The van der Waals surface area contributed by atoms with Gasteiger partial charge in [-0.15, -0.1) is 0 Å². The summed E-state index contributed by atoms with van der Waals surface area (Å²) < 4.78 is 18.8. The van der Waals surface area contributed by atoms with Crippen LogP contribution in [0, 0.1) is 5.82 Å². The second kappa shape index (κ2) is 8.73. The third kappa shape index (κ3) is 4.52. The summed E-state index contributed by atoms with van der Waals surface area (Å²) in [5, 5.41) is 9.05. The Morgan fingerprint density at radius 3 is 1.75 bits per heavy atom. The Kier molecular flexibility index (Phi) is 5.64. The predicted octanol–water partition coefficient (Wildman–Crippen LogP) is 4.77. The minimum atomic E-state index is -0.887. The molecular weight excluding hydrogens is 407 g/mol. The van der Waals surface area contributed by atoms with Crippen molar-refractivity contribution >= 4 is 5.97 Å². The van der Waals surface area contributed by atoms with Crippen LogP contribution >= 0.6 is 0 Å². The summed E-state index contributed by atoms with van der Waals surface area (Å²) in [5.41, 5.74) is 2.74. The van der Waals surface area contributed by atoms with Gasteiger partial charge in [0.15, 0.2) is 0 Å². The lowest BCUT2D eigenvalue weighted by Crippen LogP contribution is -2.45. The number of nitrogens with zero attached hydrogens (tertiary/aromatic N) is 2. The molecule has 1 N–H and O–H groups in total. The minimum Gasteiger partial charge on any atom is -0.478 e. The zero-order valence-electron chi connectivity index (χ0n) is 17.7. The molecule has 2 fully saturated rings. The average Bonchev–Trinajstić information content (AvgIpc) is 3.37. The van der Waals surface area contributed by atoms with Crippen LogP contribution in [-0.2, 0) is 13.1 Å². The van der Waals surface area contributed by atoms with Crippen LogP contribution in [0.2, 0.25) is 0 Å². The maximum Gasteiger partial charge on any atom is 0.335 e. The van der Waals surface area contributed by atoms with E-state index in [0.29, 0.717) is 23.4 Å². The van der Waals surface area contributed by atoms with Gasteiger partial charge < -0.3 is 9.84 Å². The molecule has 0 unspecified atom stereocenters. The lowest BCUT2D eigenvalue weighted by molar-refractivity contribution is 0.0697. The standard InChI is InChI=1S/C26H25FN2O3/c27-21-7-11-25(12-8-21)32-24-9-3-19(4-10-24)15-29-17-22-13-23(29)16-28(22)14-18-1-5-20(6-2-18)26(30)31/h1-12,22-23H,13-17H2,(H,30,31)/t22-,23-/m0/s1. The van der Waals surface area contributed by atoms with Gasteiger partial charge in [0, 0.05) is 38.3 Å². The van der Waals surface area contributed by atoms with E-state index >= 15 is 0 Å². The molecule has 2 aliphatic rings. The van der Waals surface area contributed by atoms with Crippen molar-refractivity contribution in [3.8, 4) is 11.5 Å². The van der Waals surface area contributed by atoms with E-state index in [0.717, 1.165) is 37.5 Å². The fourth-order valence-electron chi connectivity index (χ4n) is 4.74. The maximum absolute atomic E-state index is 13.0. The highest BCUT2D eigenvalue weighted by molar-refractivity contribution is 5.87. The molecule has 0 aromatic heterocycles. The SMILES string of the molecule is O=C(O)c1ccc(CN2C[C@@H]3C[C@H]2CN3Cc2ccc(Oc3ccc(F)cc3)cc2)cc1. The van der Waals surface area contributed by atoms with Crippen LogP contribution in [0.25, 0.3) is 0 Å². The quantitative estimate of drug-likeness (QED) is 0.583. The van der Waals surface area contributed by atoms with E-state index in [4.69, 9.17) is 9.84 Å². The Morgan fingerprint density at radius 1 is 0.812 bits per heavy atom. The lowest BCUT2D eigenvalue weighted by Gasteiger charge is -2.34. The van der Waals surface area contributed by atoms with Gasteiger partial charge in [-0.2, -0.15) is 0 Å². The highest BCUT2D eigenvalue weighted by Gasteiger charge is 2.42. The Hall–Kier alpha value is -3.22. The molecule has 0 saturated carbocycles. The summed E-state index contributed by atoms with van der Waals surface area (Å²) >= 11 is 0. The van der Waals surface area contributed by atoms with E-state index in [9.17, 15) is 9.18 Å². The Morgan fingerprint density at radius 2 is 1.28 bits per heavy atom. The van der Waals surface area contributed by atoms with Crippen molar-refractivity contribution in [3.63, 3.8) is 0 Å². The average molecular weight is 432 g/mol. The maximum atomic E-state index is 13.0. The number of carboxylic acids is 1. The van der Waals surface area contributed by atoms with Crippen LogP contribution in [0.3, 0.4) is 0 Å². The van der Waals surface area contributed by atoms with Gasteiger partial charge in [-0.25, -0.2) is 9.18 Å². The normalized spacial score (nSPS) is 20.5. The zero-order chi connectivity index (χ0) is 22.1. The number of hydrogen-bond donors (Lipinski definition) is 1. The van der Waals surface area contributed by atoms with Gasteiger partial charge in [-0.3, -0.25) is 9.80 Å². The molecule has 3 aromatic rings. The van der Waals surface area contributed by atoms with Crippen molar-refractivity contribution < 1.29 is 19.0 Å². The lowest BCUT2D eigenvalue weighted by atomic mass is 10.1. The molecule has 0 aliphatic carbocycles. The number of ether oxygens (including phenoxy) is 1. The second-order valence-electron chi connectivity index (χ2n) is 8.60. The van der Waals surface area contributed by atoms with Gasteiger partial charge in [0.25, 0.3) is 0 Å². The highest BCUT2D eigenvalue weighted by atomic mass is 19.1. The first-order valence-electron chi connectivity index (χ1n) is 10.9. The van der Waals surface area contributed by atoms with Gasteiger partial charge >= 0.3 is 5.97 Å². The summed E-state index contributed by atoms with van der Waals surface area (Å²) in [6, 6.07) is 22.4. The van der Waals surface area contributed by atoms with Gasteiger partial charge in [-0.05, 0) is 66.1 Å². The predicted molar refractivity (Wildman–Crippen MR) is 119 cm³/mol. The largest absolute Gasteiger partial charge is 0.478 e. The molecule has 2 saturated heterocycles. The molecule has 2 atom stereocenters. The molecule has 5 rings (SSSR count). The van der Waals surface area contributed by atoms with Gasteiger partial charge in [0.2, 0.25) is 0 Å². The molecule has 32 heavy (non-hydrogen) atoms. The minimum absolute atomic E-state index is 0.276. The number of hydrogen-bond acceptors (Lipinski definition) is 4. The van der Waals surface area contributed by atoms with Crippen LogP contribution in [0.4, 0.5) is 4.39 Å². The van der Waals surface area contributed by atoms with Crippen LogP contribution < -0.4 is 4.74 Å². The third-order valence-corrected chi connectivity index (χ3v) is 6.41. The zero-order valence-corrected chi connectivity index (χ0v) is 17.7. The Labute approximate surface area is 186 Å². The summed E-state index contributed by atoms with van der Waals surface area (Å²) in [7, 11) is 0. The van der Waals surface area contributed by atoms with Crippen molar-refractivity contribution in [3.05, 3.63) is 95.3 Å². The number of likely N-dealkylation sites (tertiary alicyclic amines) is 2. The molecule has 3 aromatic carbocycles. The van der Waals surface area contributed by atoms with Crippen LogP contribution in [-0.4, -0.2) is 46.0 Å². The molecular formula is C26H25FN2O3. The van der Waals surface area contributed by atoms with E-state index in [1.807, 2.05) is 24.3 Å². The number of carboxylic acid groups (broad SMARTS) is 1. The van der Waals surface area contributed by atoms with Gasteiger partial charge in [0.05, 0.1) is 5.56 Å². The number of carbonyl (C=O) groups is 1. The summed E-state index contributed by atoms with van der Waals surface area (Å²) in [6.45, 7) is 3.87. The molecule has 0 amide bonds. The highest BCUT2D eigenvalue weighted by Crippen LogP contribution is 2.33. The summed E-state index contributed by atoms with van der Waals surface area (Å²) in [4.78, 5) is 16.1. The van der Waals surface area contributed by atoms with E-state index < -0.39 is 5.97 Å². The van der Waals surface area contributed by atoms with E-state index in [1.54, 1.807) is 24.3 Å². The second-order valence-corrected chi connectivity index (χ2v) is 8.60. The number of aromatic carboxylic acids is 1. The van der Waals surface area contributed by atoms with Crippen molar-refractivity contribution in [1.82, 2.24) is 9.80 Å². The molecule has 2 heterocycles. The number of piperazine rings is 1. The molecule has 6 heteroatoms. The fourth-order valence-corrected chi connectivity index (χ4v) is 4.74. The third-order valence-electron chi connectivity index (χ3n) is 6.41. The first-order valence-corrected chi connectivity index (χ1v) is 10.9. The van der Waals surface area contributed by atoms with Crippen LogP contribution in [0.1, 0.15) is 27.9 Å². The fraction of sp³-hybridized carbons (Fsp3) is 0.269. The van der Waals surface area contributed by atoms with E-state index in [2.05, 4.69) is 21.9 Å². The molecule has 164 valence electrons. The summed E-state index contributed by atoms with van der Waals surface area (Å²) in [6.07, 6.45) is 1.18. The molecule has 0 radical (unpaired) electrons. The number of fused-ring (bicyclic) bond motifs is 2. The Bertz CT molecular complexity index is 1080. The molecule has 2 aliphatic heterocycles. The van der Waals surface area contributed by atoms with Crippen LogP contribution in [0.5, 0.6) is 11.5 Å². The van der Waals surface area contributed by atoms with Gasteiger partial charge in [-0.1, -0.05) is 24.3 Å². The first-order chi connectivity index (χ1) is 15.5. The molecule has 0 spiro atoms. The van der Waals surface area contributed by atoms with Crippen molar-refractivity contribution in [2.24, 2.45) is 0 Å². The topological polar surface area (TPSA) is 53.0 Å². The van der Waals surface area contributed by atoms with E-state index in [1.165, 1.54) is 24.1 Å². The monoisotopic (exact) mass is 432 g/mol. The molecule has 2 bridgehead atoms. The summed E-state index contributed by atoms with van der Waals surface area (Å²) in [5.74, 6) is 0.196. The number of halogens is 1. The first kappa shape index (κ1) is 20.7. The Balaban J connectivity index is 1.14. The number of rotatable bonds is 7. The smallest absolute Gasteiger partial charge is 0.335 e.